The molecule has 1 aromatic heterocycles. The van der Waals surface area contributed by atoms with E-state index in [-0.39, 0.29) is 16.0 Å². The molecule has 3 rings (SSSR count). The number of anilines is 1. The molecular formula is C20H17F3N2O4S. The number of amides is 1. The van der Waals surface area contributed by atoms with E-state index in [1.165, 1.54) is 26.4 Å². The van der Waals surface area contributed by atoms with Gasteiger partial charge in [0.15, 0.2) is 4.90 Å². The number of carbonyl (C=O) groups is 1. The largest absolute Gasteiger partial charge is 0.612 e. The maximum Gasteiger partial charge on any atom is 0.416 e. The second-order valence-electron chi connectivity index (χ2n) is 6.60. The summed E-state index contributed by atoms with van der Waals surface area (Å²) in [4.78, 5) is 27.0. The van der Waals surface area contributed by atoms with Gasteiger partial charge < -0.3 is 19.1 Å². The van der Waals surface area contributed by atoms with Crippen LogP contribution in [0.2, 0.25) is 0 Å². The maximum absolute atomic E-state index is 13.0. The molecule has 3 aromatic rings. The summed E-state index contributed by atoms with van der Waals surface area (Å²) in [5.41, 5.74) is -1.85. The molecule has 10 heteroatoms. The molecule has 0 saturated carbocycles. The highest BCUT2D eigenvalue weighted by molar-refractivity contribution is 7.91. The Bertz CT molecular complexity index is 1190. The second-order valence-corrected chi connectivity index (χ2v) is 7.95. The third-order valence-corrected chi connectivity index (χ3v) is 5.73. The van der Waals surface area contributed by atoms with E-state index >= 15 is 0 Å². The van der Waals surface area contributed by atoms with Crippen LogP contribution in [0.25, 0.3) is 10.9 Å². The lowest BCUT2D eigenvalue weighted by atomic mass is 10.1. The van der Waals surface area contributed by atoms with Gasteiger partial charge in [-0.15, -0.1) is 0 Å². The lowest BCUT2D eigenvalue weighted by Crippen LogP contribution is -2.34. The predicted molar refractivity (Wildman–Crippen MR) is 107 cm³/mol. The number of fused-ring (bicyclic) bond motifs is 1. The van der Waals surface area contributed by atoms with Crippen molar-refractivity contribution in [1.82, 2.24) is 4.57 Å². The zero-order valence-corrected chi connectivity index (χ0v) is 17.0. The Kier molecular flexibility index (Phi) is 5.57. The normalized spacial score (nSPS) is 12.8. The van der Waals surface area contributed by atoms with Crippen LogP contribution in [0, 0.1) is 0 Å². The molecule has 1 heterocycles. The molecule has 0 bridgehead atoms. The molecular weight excluding hydrogens is 421 g/mol. The molecule has 0 fully saturated rings. The van der Waals surface area contributed by atoms with E-state index in [4.69, 9.17) is 0 Å². The Morgan fingerprint density at radius 1 is 1.17 bits per heavy atom. The van der Waals surface area contributed by atoms with Gasteiger partial charge in [0, 0.05) is 19.8 Å². The molecule has 1 atom stereocenters. The van der Waals surface area contributed by atoms with Gasteiger partial charge in [-0.05, 0) is 47.6 Å². The van der Waals surface area contributed by atoms with Crippen LogP contribution in [0.5, 0.6) is 5.75 Å². The van der Waals surface area contributed by atoms with Gasteiger partial charge in [-0.2, -0.15) is 13.2 Å². The Hall–Kier alpha value is -2.98. The molecule has 158 valence electrons. The van der Waals surface area contributed by atoms with Crippen LogP contribution in [0.15, 0.2) is 52.2 Å². The fourth-order valence-corrected chi connectivity index (χ4v) is 3.89. The first-order valence-electron chi connectivity index (χ1n) is 8.58. The molecule has 1 amide bonds. The number of aromatic hydroxyl groups is 1. The predicted octanol–water partition coefficient (Wildman–Crippen LogP) is 3.28. The van der Waals surface area contributed by atoms with Crippen molar-refractivity contribution < 1.29 is 27.6 Å². The van der Waals surface area contributed by atoms with Crippen molar-refractivity contribution in [2.75, 3.05) is 18.2 Å². The van der Waals surface area contributed by atoms with E-state index in [0.717, 1.165) is 33.7 Å². The SMILES string of the molecule is CN(C(=O)c1c(O)c2c([S+](C)[O-])cccc2n(C)c1=O)c1ccc(C(F)(F)F)cc1. The second kappa shape index (κ2) is 7.69. The molecule has 30 heavy (non-hydrogen) atoms. The summed E-state index contributed by atoms with van der Waals surface area (Å²) in [6, 6.07) is 8.45. The van der Waals surface area contributed by atoms with Crippen molar-refractivity contribution in [3.05, 3.63) is 63.9 Å². The number of nitrogens with zero attached hydrogens (tertiary/aromatic N) is 2. The lowest BCUT2D eigenvalue weighted by molar-refractivity contribution is -0.137. The van der Waals surface area contributed by atoms with Crippen LogP contribution in [0.3, 0.4) is 0 Å². The van der Waals surface area contributed by atoms with E-state index < -0.39 is 45.7 Å². The van der Waals surface area contributed by atoms with Gasteiger partial charge in [0.2, 0.25) is 0 Å². The average Bonchev–Trinajstić information content (AvgIpc) is 2.70. The molecule has 1 N–H and O–H groups in total. The number of pyridine rings is 1. The molecule has 0 aliphatic heterocycles. The van der Waals surface area contributed by atoms with E-state index in [1.54, 1.807) is 12.1 Å². The number of benzene rings is 2. The summed E-state index contributed by atoms with van der Waals surface area (Å²) in [6.07, 6.45) is -3.13. The first-order valence-corrected chi connectivity index (χ1v) is 10.1. The minimum atomic E-state index is -4.53. The summed E-state index contributed by atoms with van der Waals surface area (Å²) >= 11 is -1.51. The fraction of sp³-hybridized carbons (Fsp3) is 0.200. The highest BCUT2D eigenvalue weighted by Crippen LogP contribution is 2.34. The molecule has 0 radical (unpaired) electrons. The van der Waals surface area contributed by atoms with Crippen molar-refractivity contribution in [2.45, 2.75) is 11.1 Å². The number of alkyl halides is 3. The van der Waals surface area contributed by atoms with Crippen LogP contribution in [0.4, 0.5) is 18.9 Å². The number of rotatable bonds is 3. The monoisotopic (exact) mass is 438 g/mol. The number of hydrogen-bond acceptors (Lipinski definition) is 4. The average molecular weight is 438 g/mol. The van der Waals surface area contributed by atoms with Crippen LogP contribution in [0.1, 0.15) is 15.9 Å². The maximum atomic E-state index is 13.0. The third kappa shape index (κ3) is 3.63. The van der Waals surface area contributed by atoms with Gasteiger partial charge >= 0.3 is 6.18 Å². The molecule has 1 unspecified atom stereocenters. The van der Waals surface area contributed by atoms with Gasteiger partial charge in [0.05, 0.1) is 16.5 Å². The zero-order chi connectivity index (χ0) is 22.4. The summed E-state index contributed by atoms with van der Waals surface area (Å²) in [5, 5.41) is 10.9. The van der Waals surface area contributed by atoms with Gasteiger partial charge in [-0.3, -0.25) is 9.59 Å². The van der Waals surface area contributed by atoms with Crippen molar-refractivity contribution in [3.8, 4) is 5.75 Å². The number of aromatic nitrogens is 1. The van der Waals surface area contributed by atoms with E-state index in [0.29, 0.717) is 5.52 Å². The fourth-order valence-electron chi connectivity index (χ4n) is 3.13. The number of carbonyl (C=O) groups excluding carboxylic acids is 1. The minimum absolute atomic E-state index is 0.0990. The van der Waals surface area contributed by atoms with Gasteiger partial charge in [0.1, 0.15) is 17.6 Å². The highest BCUT2D eigenvalue weighted by Gasteiger charge is 2.31. The van der Waals surface area contributed by atoms with E-state index in [1.807, 2.05) is 0 Å². The summed E-state index contributed by atoms with van der Waals surface area (Å²) < 4.78 is 51.5. The van der Waals surface area contributed by atoms with Crippen LogP contribution in [-0.2, 0) is 24.4 Å². The van der Waals surface area contributed by atoms with Crippen LogP contribution in [-0.4, -0.2) is 33.4 Å². The lowest BCUT2D eigenvalue weighted by Gasteiger charge is -2.20. The highest BCUT2D eigenvalue weighted by atomic mass is 32.2. The Morgan fingerprint density at radius 2 is 1.77 bits per heavy atom. The molecule has 0 aliphatic carbocycles. The number of aryl methyl sites for hydroxylation is 1. The zero-order valence-electron chi connectivity index (χ0n) is 16.1. The van der Waals surface area contributed by atoms with Gasteiger partial charge in [-0.1, -0.05) is 6.07 Å². The molecule has 0 spiro atoms. The smallest absolute Gasteiger partial charge is 0.416 e. The summed E-state index contributed by atoms with van der Waals surface area (Å²) in [6.45, 7) is 0. The van der Waals surface area contributed by atoms with Crippen molar-refractivity contribution >= 4 is 33.7 Å². The summed E-state index contributed by atoms with van der Waals surface area (Å²) in [7, 11) is 2.68. The Balaban J connectivity index is 2.15. The number of halogens is 3. The first-order chi connectivity index (χ1) is 13.9. The van der Waals surface area contributed by atoms with Crippen molar-refractivity contribution in [3.63, 3.8) is 0 Å². The van der Waals surface area contributed by atoms with Gasteiger partial charge in [-0.25, -0.2) is 0 Å². The Labute approximate surface area is 172 Å². The van der Waals surface area contributed by atoms with Crippen molar-refractivity contribution in [2.24, 2.45) is 7.05 Å². The molecule has 0 saturated heterocycles. The van der Waals surface area contributed by atoms with Crippen LogP contribution < -0.4 is 10.5 Å². The Morgan fingerprint density at radius 3 is 2.30 bits per heavy atom. The summed E-state index contributed by atoms with van der Waals surface area (Å²) in [5.74, 6) is -1.53. The minimum Gasteiger partial charge on any atom is -0.612 e. The quantitative estimate of drug-likeness (QED) is 0.636. The molecule has 0 aliphatic rings. The van der Waals surface area contributed by atoms with Gasteiger partial charge in [0.25, 0.3) is 11.5 Å². The van der Waals surface area contributed by atoms with E-state index in [2.05, 4.69) is 0 Å². The third-order valence-electron chi connectivity index (χ3n) is 4.77. The molecule has 2 aromatic carbocycles. The standard InChI is InChI=1S/C20H17F3N2O4S/c1-24(12-9-7-11(8-10-12)20(21,22)23)18(27)16-17(26)15-13(25(2)19(16)28)5-4-6-14(15)30(3)29/h4-10,26H,1-3H3. The number of hydrogen-bond donors (Lipinski definition) is 1. The van der Waals surface area contributed by atoms with Crippen LogP contribution >= 0.6 is 0 Å². The topological polar surface area (TPSA) is 85.6 Å². The first kappa shape index (κ1) is 21.7. The molecule has 6 nitrogen and oxygen atoms in total. The van der Waals surface area contributed by atoms with E-state index in [9.17, 15) is 32.4 Å². The van der Waals surface area contributed by atoms with Crippen molar-refractivity contribution in [1.29, 1.82) is 0 Å².